The van der Waals surface area contributed by atoms with Crippen LogP contribution >= 0.6 is 0 Å². The lowest BCUT2D eigenvalue weighted by molar-refractivity contribution is -0.124. The van der Waals surface area contributed by atoms with Crippen molar-refractivity contribution < 1.29 is 17.9 Å². The van der Waals surface area contributed by atoms with Crippen molar-refractivity contribution in [3.05, 3.63) is 53.8 Å². The zero-order chi connectivity index (χ0) is 21.3. The van der Waals surface area contributed by atoms with Crippen LogP contribution in [0.15, 0.2) is 47.4 Å². The van der Waals surface area contributed by atoms with Crippen LogP contribution in [0.4, 0.5) is 4.39 Å². The van der Waals surface area contributed by atoms with E-state index in [0.29, 0.717) is 28.7 Å². The highest BCUT2D eigenvalue weighted by molar-refractivity contribution is 7.79. The average molecular weight is 429 g/mol. The lowest BCUT2D eigenvalue weighted by Crippen LogP contribution is -2.50. The van der Waals surface area contributed by atoms with E-state index in [4.69, 9.17) is 0 Å². The minimum absolute atomic E-state index is 0.0672. The van der Waals surface area contributed by atoms with Crippen LogP contribution in [-0.2, 0) is 26.5 Å². The van der Waals surface area contributed by atoms with Crippen LogP contribution in [0, 0.1) is 23.1 Å². The summed E-state index contributed by atoms with van der Waals surface area (Å²) in [4.78, 5) is 12.8. The molecule has 2 aliphatic rings. The van der Waals surface area contributed by atoms with Gasteiger partial charge in [-0.15, -0.1) is 0 Å². The van der Waals surface area contributed by atoms with Gasteiger partial charge in [-0.2, -0.15) is 9.81 Å². The zero-order valence-electron chi connectivity index (χ0n) is 16.2. The molecule has 1 aliphatic heterocycles. The number of piperidine rings is 1. The third kappa shape index (κ3) is 4.29. The second kappa shape index (κ2) is 8.64. The topological polar surface area (TPSA) is 102 Å². The predicted octanol–water partition coefficient (Wildman–Crippen LogP) is 2.71. The number of amides is 1. The quantitative estimate of drug-likeness (QED) is 0.485. The van der Waals surface area contributed by atoms with Gasteiger partial charge in [0.1, 0.15) is 11.9 Å². The number of nitrogens with zero attached hydrogens (tertiary/aromatic N) is 1. The number of rotatable bonds is 6. The molecule has 1 amide bonds. The fourth-order valence-electron chi connectivity index (χ4n) is 4.46. The van der Waals surface area contributed by atoms with Crippen LogP contribution < -0.4 is 10.6 Å². The maximum atomic E-state index is 14.7. The minimum Gasteiger partial charge on any atom is -0.339 e. The van der Waals surface area contributed by atoms with Crippen LogP contribution in [0.1, 0.15) is 24.8 Å². The molecule has 0 aromatic heterocycles. The normalized spacial score (nSPS) is 24.2. The van der Waals surface area contributed by atoms with Crippen molar-refractivity contribution >= 4 is 17.0 Å². The molecule has 4 rings (SSSR count). The lowest BCUT2D eigenvalue weighted by atomic mass is 9.98. The Morgan fingerprint density at radius 3 is 2.73 bits per heavy atom. The van der Waals surface area contributed by atoms with E-state index in [0.717, 1.165) is 19.3 Å². The van der Waals surface area contributed by atoms with Crippen molar-refractivity contribution in [2.24, 2.45) is 5.92 Å². The van der Waals surface area contributed by atoms with Crippen molar-refractivity contribution in [1.82, 2.24) is 10.6 Å². The summed E-state index contributed by atoms with van der Waals surface area (Å²) >= 11 is -2.47. The summed E-state index contributed by atoms with van der Waals surface area (Å²) in [5.74, 6) is -0.366. The smallest absolute Gasteiger partial charge is 0.238 e. The average Bonchev–Trinajstić information content (AvgIpc) is 3.38. The Balaban J connectivity index is 1.45. The molecule has 156 valence electrons. The number of thiol groups is 1. The maximum absolute atomic E-state index is 14.7. The van der Waals surface area contributed by atoms with E-state index in [-0.39, 0.29) is 23.3 Å². The van der Waals surface area contributed by atoms with E-state index >= 15 is 0 Å². The molecule has 6 nitrogen and oxygen atoms in total. The molecule has 2 aromatic rings. The van der Waals surface area contributed by atoms with Crippen LogP contribution in [0.25, 0.3) is 11.1 Å². The third-order valence-corrected chi connectivity index (χ3v) is 6.71. The highest BCUT2D eigenvalue weighted by Gasteiger charge is 2.43. The molecule has 3 N–H and O–H groups in total. The Morgan fingerprint density at radius 2 is 2.10 bits per heavy atom. The predicted molar refractivity (Wildman–Crippen MR) is 111 cm³/mol. The van der Waals surface area contributed by atoms with Crippen molar-refractivity contribution in [2.45, 2.75) is 48.7 Å². The van der Waals surface area contributed by atoms with Crippen LogP contribution in [0.3, 0.4) is 0 Å². The standard InChI is InChI=1S/C22H22FN3O3S/c23-20-11-14(13-2-1-3-19(10-13)30(28)29)4-5-15(20)8-18(12-24)26-22(27)21-16-6-7-17(9-16)25-21/h1-5,10-11,16-18,21,25H,6-9H2,(H,26,27)(H,28,29)/p+1/t16-,17+,18-,21-/m0/s1. The summed E-state index contributed by atoms with van der Waals surface area (Å²) < 4.78 is 35.3. The lowest BCUT2D eigenvalue weighted by Gasteiger charge is -2.23. The summed E-state index contributed by atoms with van der Waals surface area (Å²) in [6.07, 6.45) is 3.18. The molecule has 30 heavy (non-hydrogen) atoms. The second-order valence-corrected chi connectivity index (χ2v) is 9.00. The van der Waals surface area contributed by atoms with E-state index in [1.54, 1.807) is 30.3 Å². The van der Waals surface area contributed by atoms with Crippen LogP contribution in [0.2, 0.25) is 0 Å². The molecular formula is C22H23FN3O3S+. The van der Waals surface area contributed by atoms with E-state index in [1.807, 2.05) is 0 Å². The molecule has 2 bridgehead atoms. The van der Waals surface area contributed by atoms with E-state index < -0.39 is 22.9 Å². The van der Waals surface area contributed by atoms with Gasteiger partial charge in [0, 0.05) is 18.5 Å². The minimum atomic E-state index is -2.47. The highest BCUT2D eigenvalue weighted by Crippen LogP contribution is 2.35. The summed E-state index contributed by atoms with van der Waals surface area (Å²) in [6.45, 7) is 0. The first-order valence-corrected chi connectivity index (χ1v) is 11.2. The monoisotopic (exact) mass is 428 g/mol. The highest BCUT2D eigenvalue weighted by atomic mass is 32.2. The first-order valence-electron chi connectivity index (χ1n) is 9.95. The van der Waals surface area contributed by atoms with E-state index in [2.05, 4.69) is 16.7 Å². The molecule has 1 saturated carbocycles. The Morgan fingerprint density at radius 1 is 1.30 bits per heavy atom. The number of carbonyl (C=O) groups excluding carboxylic acids is 1. The maximum Gasteiger partial charge on any atom is 0.238 e. The molecule has 2 aromatic carbocycles. The molecule has 0 spiro atoms. The molecule has 0 radical (unpaired) electrons. The van der Waals surface area contributed by atoms with Crippen molar-refractivity contribution in [3.8, 4) is 17.2 Å². The Kier molecular flexibility index (Phi) is 5.95. The van der Waals surface area contributed by atoms with E-state index in [9.17, 15) is 23.2 Å². The Bertz CT molecular complexity index is 1040. The number of hydrogen-bond acceptors (Lipinski definition) is 4. The number of nitriles is 1. The number of fused-ring (bicyclic) bond motifs is 2. The Hall–Kier alpha value is -2.60. The van der Waals surface area contributed by atoms with Gasteiger partial charge in [-0.05, 0) is 54.0 Å². The Labute approximate surface area is 176 Å². The number of halogens is 1. The second-order valence-electron chi connectivity index (χ2n) is 7.94. The number of benzene rings is 2. The van der Waals surface area contributed by atoms with Gasteiger partial charge in [-0.25, -0.2) is 4.39 Å². The van der Waals surface area contributed by atoms with Crippen molar-refractivity contribution in [3.63, 3.8) is 0 Å². The largest absolute Gasteiger partial charge is 0.339 e. The first kappa shape index (κ1) is 20.7. The third-order valence-electron chi connectivity index (χ3n) is 5.99. The molecule has 1 unspecified atom stereocenters. The van der Waals surface area contributed by atoms with Gasteiger partial charge in [0.05, 0.1) is 12.1 Å². The van der Waals surface area contributed by atoms with Gasteiger partial charge in [0.15, 0.2) is 4.90 Å². The van der Waals surface area contributed by atoms with Gasteiger partial charge >= 0.3 is 0 Å². The summed E-state index contributed by atoms with van der Waals surface area (Å²) in [5, 5.41) is 15.5. The van der Waals surface area contributed by atoms with Crippen LogP contribution in [0.5, 0.6) is 0 Å². The van der Waals surface area contributed by atoms with Gasteiger partial charge in [0.25, 0.3) is 0 Å². The number of hydrogen-bond donors (Lipinski definition) is 3. The molecule has 1 aliphatic carbocycles. The summed E-state index contributed by atoms with van der Waals surface area (Å²) in [7, 11) is 0. The van der Waals surface area contributed by atoms with Crippen molar-refractivity contribution in [2.75, 3.05) is 0 Å². The zero-order valence-corrected chi connectivity index (χ0v) is 17.1. The summed E-state index contributed by atoms with van der Waals surface area (Å²) in [5.41, 5.74) is 1.53. The molecule has 1 saturated heterocycles. The van der Waals surface area contributed by atoms with E-state index in [1.165, 1.54) is 12.1 Å². The number of nitrogens with one attached hydrogen (secondary N) is 2. The van der Waals surface area contributed by atoms with Gasteiger partial charge < -0.3 is 10.6 Å². The van der Waals surface area contributed by atoms with Crippen LogP contribution in [-0.4, -0.2) is 28.6 Å². The molecule has 1 heterocycles. The molecule has 8 heteroatoms. The molecule has 5 atom stereocenters. The van der Waals surface area contributed by atoms with Gasteiger partial charge in [-0.3, -0.25) is 4.79 Å². The summed E-state index contributed by atoms with van der Waals surface area (Å²) in [6, 6.07) is 12.5. The number of carbonyl (C=O) groups is 1. The first-order chi connectivity index (χ1) is 14.4. The van der Waals surface area contributed by atoms with Gasteiger partial charge in [0.2, 0.25) is 17.0 Å². The fourth-order valence-corrected chi connectivity index (χ4v) is 4.92. The van der Waals surface area contributed by atoms with Gasteiger partial charge in [-0.1, -0.05) is 28.5 Å². The fraction of sp³-hybridized carbons (Fsp3) is 0.364. The molecular weight excluding hydrogens is 405 g/mol. The van der Waals surface area contributed by atoms with Crippen molar-refractivity contribution in [1.29, 1.82) is 5.26 Å². The molecule has 2 fully saturated rings. The SMILES string of the molecule is N#C[C@H](Cc1ccc(-c2cccc([SH+](=O)O)c2)cc1F)NC(=O)[C@H]1N[C@@H]2CC[C@H]1C2.